The van der Waals surface area contributed by atoms with Gasteiger partial charge in [0.2, 0.25) is 0 Å². The van der Waals surface area contributed by atoms with Crippen molar-refractivity contribution in [3.8, 4) is 11.1 Å². The number of hydrogen-bond acceptors (Lipinski definition) is 2. The van der Waals surface area contributed by atoms with Crippen molar-refractivity contribution >= 4 is 23.0 Å². The molecule has 0 aliphatic heterocycles. The minimum Gasteiger partial charge on any atom is -0.511 e. The number of carbonyl (C=O) groups excluding carboxylic acids is 1. The standard InChI is InChI=1S/C22H21ClO2/c1-12-4-8-17(23)11-18(12)14-5-3-13(2)19(10-14)20-21(24)15-6-7-16(9-15)22(20)25/h3-5,8,10-11,15-16,24H,6-7,9H2,1-2H3. The molecule has 1 N–H and O–H groups in total. The minimum absolute atomic E-state index is 0.0758. The number of carbonyl (C=O) groups is 1. The Bertz CT molecular complexity index is 910. The molecule has 0 heterocycles. The van der Waals surface area contributed by atoms with Crippen LogP contribution < -0.4 is 0 Å². The van der Waals surface area contributed by atoms with E-state index < -0.39 is 0 Å². The molecule has 2 unspecified atom stereocenters. The van der Waals surface area contributed by atoms with Crippen molar-refractivity contribution in [2.75, 3.05) is 0 Å². The van der Waals surface area contributed by atoms with Gasteiger partial charge in [0.15, 0.2) is 5.78 Å². The predicted octanol–water partition coefficient (Wildman–Crippen LogP) is 5.89. The fourth-order valence-electron chi connectivity index (χ4n) is 4.24. The van der Waals surface area contributed by atoms with Gasteiger partial charge in [0.25, 0.3) is 0 Å². The lowest BCUT2D eigenvalue weighted by Gasteiger charge is -2.23. The lowest BCUT2D eigenvalue weighted by atomic mass is 9.81. The highest BCUT2D eigenvalue weighted by Gasteiger charge is 2.41. The van der Waals surface area contributed by atoms with Gasteiger partial charge in [-0.05, 0) is 79.1 Å². The van der Waals surface area contributed by atoms with Crippen LogP contribution in [0.4, 0.5) is 0 Å². The van der Waals surface area contributed by atoms with Gasteiger partial charge in [0.1, 0.15) is 5.76 Å². The molecule has 2 aliphatic carbocycles. The van der Waals surface area contributed by atoms with Crippen LogP contribution in [0.1, 0.15) is 36.0 Å². The van der Waals surface area contributed by atoms with Gasteiger partial charge in [0.05, 0.1) is 5.57 Å². The molecule has 1 saturated carbocycles. The van der Waals surface area contributed by atoms with Crippen LogP contribution in [0.15, 0.2) is 42.2 Å². The van der Waals surface area contributed by atoms with Crippen molar-refractivity contribution in [3.63, 3.8) is 0 Å². The van der Waals surface area contributed by atoms with E-state index in [2.05, 4.69) is 6.07 Å². The van der Waals surface area contributed by atoms with E-state index >= 15 is 0 Å². The Morgan fingerprint density at radius 1 is 0.960 bits per heavy atom. The monoisotopic (exact) mass is 352 g/mol. The number of ketones is 1. The summed E-state index contributed by atoms with van der Waals surface area (Å²) in [5.74, 6) is 0.622. The second-order valence-corrected chi connectivity index (χ2v) is 7.76. The highest BCUT2D eigenvalue weighted by molar-refractivity contribution is 6.31. The van der Waals surface area contributed by atoms with Crippen molar-refractivity contribution in [1.82, 2.24) is 0 Å². The molecule has 1 fully saturated rings. The maximum Gasteiger partial charge on any atom is 0.169 e. The molecule has 0 spiro atoms. The van der Waals surface area contributed by atoms with Gasteiger partial charge in [-0.3, -0.25) is 4.79 Å². The Hall–Kier alpha value is -2.06. The maximum atomic E-state index is 12.9. The number of rotatable bonds is 2. The predicted molar refractivity (Wildman–Crippen MR) is 102 cm³/mol. The van der Waals surface area contributed by atoms with Crippen molar-refractivity contribution in [1.29, 1.82) is 0 Å². The molecule has 0 aromatic heterocycles. The summed E-state index contributed by atoms with van der Waals surface area (Å²) in [4.78, 5) is 12.9. The molecule has 2 atom stereocenters. The molecule has 2 nitrogen and oxygen atoms in total. The first-order valence-electron chi connectivity index (χ1n) is 8.80. The quantitative estimate of drug-likeness (QED) is 0.731. The summed E-state index contributed by atoms with van der Waals surface area (Å²) >= 11 is 6.18. The second kappa shape index (κ2) is 6.03. The zero-order valence-electron chi connectivity index (χ0n) is 14.5. The fourth-order valence-corrected chi connectivity index (χ4v) is 4.41. The fraction of sp³-hybridized carbons (Fsp3) is 0.318. The lowest BCUT2D eigenvalue weighted by Crippen LogP contribution is -2.21. The first kappa shape index (κ1) is 16.4. The highest BCUT2D eigenvalue weighted by atomic mass is 35.5. The van der Waals surface area contributed by atoms with Crippen LogP contribution in [0, 0.1) is 25.7 Å². The van der Waals surface area contributed by atoms with Crippen molar-refractivity contribution in [3.05, 3.63) is 63.9 Å². The molecule has 2 aromatic rings. The van der Waals surface area contributed by atoms with E-state index in [1.165, 1.54) is 0 Å². The molecular weight excluding hydrogens is 332 g/mol. The number of halogens is 1. The number of hydrogen-bond donors (Lipinski definition) is 1. The molecule has 2 bridgehead atoms. The molecule has 0 radical (unpaired) electrons. The van der Waals surface area contributed by atoms with Gasteiger partial charge in [-0.25, -0.2) is 0 Å². The van der Waals surface area contributed by atoms with Gasteiger partial charge in [0, 0.05) is 16.9 Å². The summed E-state index contributed by atoms with van der Waals surface area (Å²) in [6.45, 7) is 4.04. The third-order valence-electron chi connectivity index (χ3n) is 5.71. The van der Waals surface area contributed by atoms with Gasteiger partial charge >= 0.3 is 0 Å². The summed E-state index contributed by atoms with van der Waals surface area (Å²) in [5.41, 5.74) is 5.62. The SMILES string of the molecule is Cc1ccc(-c2cc(Cl)ccc2C)cc1C1=C(O)C2CCC(C2)C1=O. The molecule has 3 heteroatoms. The average Bonchev–Trinajstić information content (AvgIpc) is 3.04. The van der Waals surface area contributed by atoms with Gasteiger partial charge in [-0.2, -0.15) is 0 Å². The van der Waals surface area contributed by atoms with E-state index in [9.17, 15) is 9.90 Å². The van der Waals surface area contributed by atoms with E-state index in [-0.39, 0.29) is 17.6 Å². The van der Waals surface area contributed by atoms with Crippen molar-refractivity contribution in [2.45, 2.75) is 33.1 Å². The summed E-state index contributed by atoms with van der Waals surface area (Å²) in [6.07, 6.45) is 2.61. The topological polar surface area (TPSA) is 37.3 Å². The number of aliphatic hydroxyl groups is 1. The number of Topliss-reactive ketones (excluding diaryl/α,β-unsaturated/α-hetero) is 1. The van der Waals surface area contributed by atoms with E-state index in [1.54, 1.807) is 0 Å². The van der Waals surface area contributed by atoms with Gasteiger partial charge in [-0.1, -0.05) is 29.8 Å². The molecule has 2 aromatic carbocycles. The smallest absolute Gasteiger partial charge is 0.169 e. The lowest BCUT2D eigenvalue weighted by molar-refractivity contribution is -0.117. The van der Waals surface area contributed by atoms with Crippen molar-refractivity contribution in [2.24, 2.45) is 11.8 Å². The third kappa shape index (κ3) is 2.69. The Morgan fingerprint density at radius 3 is 2.44 bits per heavy atom. The Balaban J connectivity index is 1.88. The first-order chi connectivity index (χ1) is 12.0. The number of aliphatic hydroxyl groups excluding tert-OH is 1. The van der Waals surface area contributed by atoms with Gasteiger partial charge < -0.3 is 5.11 Å². The Morgan fingerprint density at radius 2 is 1.64 bits per heavy atom. The molecular formula is C22H21ClO2. The van der Waals surface area contributed by atoms with E-state index in [0.29, 0.717) is 16.4 Å². The molecule has 0 saturated heterocycles. The number of allylic oxidation sites excluding steroid dienone is 2. The molecule has 2 aliphatic rings. The zero-order chi connectivity index (χ0) is 17.7. The van der Waals surface area contributed by atoms with E-state index in [1.807, 2.05) is 44.2 Å². The summed E-state index contributed by atoms with van der Waals surface area (Å²) in [5, 5.41) is 11.4. The van der Waals surface area contributed by atoms with Gasteiger partial charge in [-0.15, -0.1) is 0 Å². The number of benzene rings is 2. The molecule has 0 amide bonds. The summed E-state index contributed by atoms with van der Waals surface area (Å²) in [7, 11) is 0. The molecule has 4 rings (SSSR count). The normalized spacial score (nSPS) is 22.6. The maximum absolute atomic E-state index is 12.9. The van der Waals surface area contributed by atoms with Crippen LogP contribution >= 0.6 is 11.6 Å². The third-order valence-corrected chi connectivity index (χ3v) is 5.95. The van der Waals surface area contributed by atoms with Crippen LogP contribution in [0.25, 0.3) is 16.7 Å². The average molecular weight is 353 g/mol. The number of fused-ring (bicyclic) bond motifs is 2. The van der Waals surface area contributed by atoms with E-state index in [0.717, 1.165) is 47.1 Å². The molecule has 25 heavy (non-hydrogen) atoms. The molecule has 128 valence electrons. The Kier molecular flexibility index (Phi) is 3.96. The van der Waals surface area contributed by atoms with Crippen LogP contribution in [0.3, 0.4) is 0 Å². The van der Waals surface area contributed by atoms with Crippen LogP contribution in [0.2, 0.25) is 5.02 Å². The first-order valence-corrected chi connectivity index (χ1v) is 9.18. The zero-order valence-corrected chi connectivity index (χ0v) is 15.2. The number of aryl methyl sites for hydroxylation is 2. The second-order valence-electron chi connectivity index (χ2n) is 7.32. The summed E-state index contributed by atoms with van der Waals surface area (Å²) < 4.78 is 0. The Labute approximate surface area is 153 Å². The van der Waals surface area contributed by atoms with Crippen LogP contribution in [0.5, 0.6) is 0 Å². The summed E-state index contributed by atoms with van der Waals surface area (Å²) in [6, 6.07) is 11.9. The van der Waals surface area contributed by atoms with E-state index in [4.69, 9.17) is 11.6 Å². The van der Waals surface area contributed by atoms with Crippen LogP contribution in [-0.4, -0.2) is 10.9 Å². The van der Waals surface area contributed by atoms with Crippen molar-refractivity contribution < 1.29 is 9.90 Å². The van der Waals surface area contributed by atoms with Crippen LogP contribution in [-0.2, 0) is 4.79 Å². The largest absolute Gasteiger partial charge is 0.511 e. The highest BCUT2D eigenvalue weighted by Crippen LogP contribution is 2.46. The minimum atomic E-state index is 0.0758.